The van der Waals surface area contributed by atoms with Gasteiger partial charge in [0.05, 0.1) is 38.1 Å². The van der Waals surface area contributed by atoms with Crippen molar-refractivity contribution in [2.24, 2.45) is 0 Å². The predicted molar refractivity (Wildman–Crippen MR) is 385 cm³/mol. The first-order valence-electron chi connectivity index (χ1n) is 34.5. The van der Waals surface area contributed by atoms with Gasteiger partial charge >= 0.3 is 12.2 Å². The molecule has 6 fully saturated rings. The van der Waals surface area contributed by atoms with Crippen molar-refractivity contribution in [3.05, 3.63) is 211 Å². The molecule has 0 aliphatic carbocycles. The summed E-state index contributed by atoms with van der Waals surface area (Å²) in [6, 6.07) is 39.0. The van der Waals surface area contributed by atoms with Crippen LogP contribution in [0.2, 0.25) is 0 Å². The molecule has 6 aliphatic heterocycles. The van der Waals surface area contributed by atoms with Crippen molar-refractivity contribution in [3.8, 4) is 0 Å². The number of alkyl halides is 13. The van der Waals surface area contributed by atoms with E-state index in [9.17, 15) is 72.2 Å². The molecule has 2 amide bonds. The molecule has 6 bridgehead atoms. The largest absolute Gasteiger partial charge is 0.444 e. The lowest BCUT2D eigenvalue weighted by molar-refractivity contribution is -0.0403. The molecule has 0 spiro atoms. The molecule has 6 aromatic rings. The van der Waals surface area contributed by atoms with E-state index in [2.05, 4.69) is 21.2 Å². The molecule has 0 aromatic heterocycles. The van der Waals surface area contributed by atoms with Gasteiger partial charge in [-0.1, -0.05) is 155 Å². The second-order valence-corrected chi connectivity index (χ2v) is 28.9. The molecule has 105 heavy (non-hydrogen) atoms. The number of ether oxygens (including phenoxy) is 4. The van der Waals surface area contributed by atoms with Crippen molar-refractivity contribution in [2.75, 3.05) is 0 Å². The number of aliphatic hydroxyl groups excluding tert-OH is 2. The summed E-state index contributed by atoms with van der Waals surface area (Å²) in [4.78, 5) is 38.4. The summed E-state index contributed by atoms with van der Waals surface area (Å²) in [7, 11) is 0. The van der Waals surface area contributed by atoms with E-state index in [-0.39, 0.29) is 125 Å². The first-order chi connectivity index (χ1) is 49.3. The second kappa shape index (κ2) is 43.5. The van der Waals surface area contributed by atoms with Gasteiger partial charge in [-0.2, -0.15) is 0 Å². The first kappa shape index (κ1) is 89.2. The maximum absolute atomic E-state index is 13.1. The minimum atomic E-state index is -2.57. The second-order valence-electron chi connectivity index (χ2n) is 27.8. The third kappa shape index (κ3) is 28.6. The monoisotopic (exact) mass is 1590 g/mol. The topological polar surface area (TPSA) is 147 Å². The number of hydrogen-bond donors (Lipinski definition) is 3. The predicted octanol–water partition coefficient (Wildman–Crippen LogP) is 22.1. The Labute approximate surface area is 626 Å². The van der Waals surface area contributed by atoms with E-state index in [1.54, 1.807) is 84.9 Å². The zero-order valence-corrected chi connectivity index (χ0v) is 62.4. The zero-order valence-electron chi connectivity index (χ0n) is 59.3. The number of halogens is 15. The zero-order chi connectivity index (χ0) is 76.4. The highest BCUT2D eigenvalue weighted by atomic mass is 79.9. The number of hydrogen-bond acceptors (Lipinski definition) is 10. The lowest BCUT2D eigenvalue weighted by atomic mass is 10.00. The number of fused-ring (bicyclic) bond motifs is 6. The summed E-state index contributed by atoms with van der Waals surface area (Å²) in [5.41, 5.74) is 0.959. The Bertz CT molecular complexity index is 3510. The molecular weight excluding hydrogens is 1500 g/mol. The van der Waals surface area contributed by atoms with Gasteiger partial charge < -0.3 is 44.3 Å². The minimum Gasteiger partial charge on any atom is -0.444 e. The van der Waals surface area contributed by atoms with Crippen LogP contribution < -0.4 is 5.32 Å². The number of amides is 2. The molecule has 27 heteroatoms. The van der Waals surface area contributed by atoms with E-state index in [1.165, 1.54) is 73.5 Å². The van der Waals surface area contributed by atoms with Gasteiger partial charge in [-0.25, -0.2) is 62.3 Å². The van der Waals surface area contributed by atoms with Crippen LogP contribution in [0.5, 0.6) is 0 Å². The molecule has 12 nitrogen and oxygen atoms in total. The fraction of sp³-hybridized carbons (Fsp3) is 0.500. The lowest BCUT2D eigenvalue weighted by Gasteiger charge is -2.39. The molecule has 6 heterocycles. The van der Waals surface area contributed by atoms with Crippen molar-refractivity contribution in [3.63, 3.8) is 0 Å². The highest BCUT2D eigenvalue weighted by Gasteiger charge is 2.46. The highest BCUT2D eigenvalue weighted by Crippen LogP contribution is 2.40. The van der Waals surface area contributed by atoms with Gasteiger partial charge in [0.1, 0.15) is 11.2 Å². The van der Waals surface area contributed by atoms with Crippen LogP contribution in [-0.4, -0.2) is 104 Å². The van der Waals surface area contributed by atoms with Gasteiger partial charge in [0.15, 0.2) is 6.29 Å². The number of nitrogens with zero attached hydrogens (tertiary/aromatic N) is 2. The Hall–Kier alpha value is -6.45. The van der Waals surface area contributed by atoms with Crippen LogP contribution in [0.25, 0.3) is 0 Å². The Morgan fingerprint density at radius 2 is 0.790 bits per heavy atom. The van der Waals surface area contributed by atoms with Crippen molar-refractivity contribution < 1.29 is 96.2 Å². The minimum absolute atomic E-state index is 0. The number of rotatable bonds is 15. The molecule has 6 atom stereocenters. The van der Waals surface area contributed by atoms with E-state index in [0.717, 1.165) is 51.4 Å². The average Bonchev–Trinajstić information content (AvgIpc) is 1.66. The van der Waals surface area contributed by atoms with Crippen LogP contribution in [-0.2, 0) is 44.6 Å². The van der Waals surface area contributed by atoms with Crippen molar-refractivity contribution >= 4 is 58.4 Å². The number of carbonyl (C=O) groups is 3. The van der Waals surface area contributed by atoms with Gasteiger partial charge in [0, 0.05) is 85.5 Å². The number of nitrogens with one attached hydrogen (secondary N) is 1. The molecular formula is C78H94BrCl2F12N3O9. The Morgan fingerprint density at radius 3 is 1.11 bits per heavy atom. The third-order valence-corrected chi connectivity index (χ3v) is 19.0. The maximum Gasteiger partial charge on any atom is 0.410 e. The van der Waals surface area contributed by atoms with E-state index in [4.69, 9.17) is 35.7 Å². The van der Waals surface area contributed by atoms with Crippen LogP contribution in [0.4, 0.5) is 62.3 Å². The van der Waals surface area contributed by atoms with Crippen molar-refractivity contribution in [1.29, 1.82) is 0 Å². The van der Waals surface area contributed by atoms with Gasteiger partial charge in [0.25, 0.3) is 38.6 Å². The quantitative estimate of drug-likeness (QED) is 0.0516. The van der Waals surface area contributed by atoms with E-state index in [1.807, 2.05) is 51.3 Å². The van der Waals surface area contributed by atoms with Crippen molar-refractivity contribution in [1.82, 2.24) is 15.1 Å². The molecule has 6 aromatic carbocycles. The molecule has 6 saturated heterocycles. The molecule has 0 radical (unpaired) electrons. The summed E-state index contributed by atoms with van der Waals surface area (Å²) in [6.07, 6.45) is -3.70. The molecule has 12 rings (SSSR count). The van der Waals surface area contributed by atoms with Crippen LogP contribution in [0.1, 0.15) is 223 Å². The molecule has 3 N–H and O–H groups in total. The molecule has 580 valence electrons. The Morgan fingerprint density at radius 1 is 0.476 bits per heavy atom. The fourth-order valence-corrected chi connectivity index (χ4v) is 13.9. The van der Waals surface area contributed by atoms with Gasteiger partial charge in [-0.05, 0) is 147 Å². The summed E-state index contributed by atoms with van der Waals surface area (Å²) >= 11 is 8.46. The molecule has 6 unspecified atom stereocenters. The number of piperidine rings is 3. The SMILES string of the molecule is CC(C)(C)OC(=O)N1C2CCC1CC(O)C2.CC(C)(C)OC(=O)N1C2CCC1CC(OCc1ccccc1C(F)F)C2.Cl.FC(F)c1ccccc1Br.FC(F)c1ccccc1CCl.FC(F)c1ccccc1COC1CC2CCC(C1)N2.O=Cc1ccccc1C(F)F.OCc1ccccc1C(F)F. The van der Waals surface area contributed by atoms with E-state index < -0.39 is 49.8 Å². The van der Waals surface area contributed by atoms with Crippen LogP contribution in [0.3, 0.4) is 0 Å². The smallest absolute Gasteiger partial charge is 0.410 e. The molecule has 6 aliphatic rings. The summed E-state index contributed by atoms with van der Waals surface area (Å²) < 4.78 is 172. The average molecular weight is 1600 g/mol. The van der Waals surface area contributed by atoms with Gasteiger partial charge in [-0.3, -0.25) is 4.79 Å². The number of aldehydes is 1. The van der Waals surface area contributed by atoms with Crippen LogP contribution in [0, 0.1) is 0 Å². The number of benzene rings is 6. The fourth-order valence-electron chi connectivity index (χ4n) is 13.2. The molecule has 0 saturated carbocycles. The third-order valence-electron chi connectivity index (χ3n) is 18.0. The lowest BCUT2D eigenvalue weighted by Crippen LogP contribution is -2.50. The standard InChI is InChI=1S/C20H27F2NO3.C15H19F2NO.C12H21NO3.C8H7ClF2.C8H8F2O.C8H6F2O.C7H5BrF2.ClH/c1-20(2,3)26-19(24)23-14-8-9-15(23)11-16(10-14)25-12-13-6-4-5-7-17(13)18(21)22;16-15(17)14-4-2-1-3-10(14)9-19-13-7-11-5-6-12(8-13)18-11;1-12(2,3)16-11(15)13-8-4-5-9(13)7-10(14)6-8;9-5-6-3-1-2-4-7(6)8(10)11;2*9-8(10)7-4-2-1-3-6(7)5-11;8-6-4-2-1-3-5(6)7(9)10;/h4-7,14-16,18H,8-12H2,1-3H3;1-4,11-13,15,18H,5-9H2;8-10,14H,4-7H2,1-3H3;1-4,8H,5H2;1-4,8,11H,5H2;1-5,8H;1-4,7H;1H. The van der Waals surface area contributed by atoms with Crippen LogP contribution in [0.15, 0.2) is 150 Å². The van der Waals surface area contributed by atoms with Crippen molar-refractivity contribution in [2.45, 2.75) is 249 Å². The first-order valence-corrected chi connectivity index (χ1v) is 35.8. The van der Waals surface area contributed by atoms with E-state index >= 15 is 0 Å². The van der Waals surface area contributed by atoms with E-state index in [0.29, 0.717) is 64.5 Å². The maximum atomic E-state index is 13.1. The Kier molecular flexibility index (Phi) is 37.0. The normalized spacial score (nSPS) is 21.2. The number of carbonyl (C=O) groups excluding carboxylic acids is 3. The highest BCUT2D eigenvalue weighted by molar-refractivity contribution is 9.10. The summed E-state index contributed by atoms with van der Waals surface area (Å²) in [6.45, 7) is 11.4. The summed E-state index contributed by atoms with van der Waals surface area (Å²) in [5.74, 6) is 0.139. The Balaban J connectivity index is 0.000000226. The summed E-state index contributed by atoms with van der Waals surface area (Å²) in [5, 5.41) is 21.8. The van der Waals surface area contributed by atoms with Gasteiger partial charge in [0.2, 0.25) is 0 Å². The number of aliphatic hydroxyl groups is 2. The van der Waals surface area contributed by atoms with Crippen LogP contribution >= 0.6 is 39.9 Å². The van der Waals surface area contributed by atoms with Gasteiger partial charge in [-0.15, -0.1) is 24.0 Å².